The summed E-state index contributed by atoms with van der Waals surface area (Å²) in [6, 6.07) is 35.3. The first kappa shape index (κ1) is 16.3. The van der Waals surface area contributed by atoms with E-state index in [1.165, 1.54) is 49.4 Å². The van der Waals surface area contributed by atoms with Crippen molar-refractivity contribution in [3.63, 3.8) is 0 Å². The van der Waals surface area contributed by atoms with Gasteiger partial charge in [0.05, 0.1) is 25.1 Å². The van der Waals surface area contributed by atoms with Crippen molar-refractivity contribution < 1.29 is 0 Å². The summed E-state index contributed by atoms with van der Waals surface area (Å²) in [6.45, 7) is 0. The van der Waals surface area contributed by atoms with Crippen molar-refractivity contribution in [1.29, 1.82) is 0 Å². The van der Waals surface area contributed by atoms with Gasteiger partial charge in [0.1, 0.15) is 0 Å². The molecule has 0 saturated carbocycles. The number of pyridine rings is 1. The Morgan fingerprint density at radius 1 is 0.600 bits per heavy atom. The zero-order chi connectivity index (χ0) is 19.7. The van der Waals surface area contributed by atoms with E-state index in [9.17, 15) is 0 Å². The lowest BCUT2D eigenvalue weighted by Gasteiger charge is -2.44. The van der Waals surface area contributed by atoms with Crippen molar-refractivity contribution in [2.75, 3.05) is 4.67 Å². The van der Waals surface area contributed by atoms with Crippen molar-refractivity contribution in [2.45, 2.75) is 0 Å². The monoisotopic (exact) mass is 400 g/mol. The van der Waals surface area contributed by atoms with Crippen molar-refractivity contribution >= 4 is 40.8 Å². The van der Waals surface area contributed by atoms with E-state index in [0.717, 1.165) is 5.69 Å². The molecule has 1 aromatic heterocycles. The highest BCUT2D eigenvalue weighted by Crippen LogP contribution is 2.61. The lowest BCUT2D eigenvalue weighted by atomic mass is 9.97. The van der Waals surface area contributed by atoms with E-state index in [-0.39, 0.29) is 0 Å². The second-order valence-corrected chi connectivity index (χ2v) is 9.70. The Morgan fingerprint density at radius 3 is 2.23 bits per heavy atom. The highest BCUT2D eigenvalue weighted by atomic mass is 31.1. The van der Waals surface area contributed by atoms with E-state index in [4.69, 9.17) is 4.98 Å². The second-order valence-electron chi connectivity index (χ2n) is 7.71. The fraction of sp³-hybridized carbons (Fsp3) is 0. The van der Waals surface area contributed by atoms with Gasteiger partial charge in [0.25, 0.3) is 0 Å². The summed E-state index contributed by atoms with van der Waals surface area (Å²) in [7, 11) is -0.731. The molecule has 0 spiro atoms. The molecule has 5 aromatic rings. The van der Waals surface area contributed by atoms with Crippen LogP contribution in [0.2, 0.25) is 0 Å². The summed E-state index contributed by atoms with van der Waals surface area (Å²) in [5.74, 6) is 0. The molecule has 7 rings (SSSR count). The zero-order valence-electron chi connectivity index (χ0n) is 16.2. The molecule has 0 N–H and O–H groups in total. The smallest absolute Gasteiger partial charge is 0.0948 e. The molecule has 3 heteroatoms. The second kappa shape index (κ2) is 6.01. The minimum absolute atomic E-state index is 0.731. The Hall–Kier alpha value is -3.48. The van der Waals surface area contributed by atoms with Gasteiger partial charge < -0.3 is 4.67 Å². The first-order chi connectivity index (χ1) is 14.9. The molecule has 1 atom stereocenters. The van der Waals surface area contributed by atoms with E-state index < -0.39 is 8.07 Å². The molecule has 2 aliphatic heterocycles. The summed E-state index contributed by atoms with van der Waals surface area (Å²) in [5, 5.41) is 5.36. The Kier molecular flexibility index (Phi) is 3.27. The topological polar surface area (TPSA) is 16.1 Å². The van der Waals surface area contributed by atoms with E-state index in [2.05, 4.69) is 102 Å². The first-order valence-electron chi connectivity index (χ1n) is 10.2. The Labute approximate surface area is 176 Å². The largest absolute Gasteiger partial charge is 0.308 e. The Balaban J connectivity index is 1.69. The molecule has 3 heterocycles. The third kappa shape index (κ3) is 2.04. The van der Waals surface area contributed by atoms with Crippen molar-refractivity contribution in [2.24, 2.45) is 0 Å². The van der Waals surface area contributed by atoms with Gasteiger partial charge in [-0.3, -0.25) is 4.98 Å². The number of rotatable bonds is 0. The molecule has 2 aliphatic rings. The molecular formula is C27H17N2P. The summed E-state index contributed by atoms with van der Waals surface area (Å²) >= 11 is 0. The SMILES string of the molecule is c1ccc2c(c1)-c1ccc3ccccc3c1N1c3cccnc3-c3ccccc3P21. The standard InChI is InChI=1S/C27H17N2P/c1-2-9-19-18(8-1)15-16-21-20-10-3-5-13-24(20)30-25-14-6-4-11-22(25)26-23(12-7-17-28-26)29(30)27(19)21/h1-17H. The van der Waals surface area contributed by atoms with Crippen molar-refractivity contribution in [3.05, 3.63) is 103 Å². The number of hydrogen-bond acceptors (Lipinski definition) is 2. The number of fused-ring (bicyclic) bond motifs is 13. The van der Waals surface area contributed by atoms with E-state index >= 15 is 0 Å². The van der Waals surface area contributed by atoms with Crippen LogP contribution < -0.4 is 15.3 Å². The van der Waals surface area contributed by atoms with Gasteiger partial charge in [-0.05, 0) is 23.1 Å². The maximum Gasteiger partial charge on any atom is 0.0948 e. The third-order valence-electron chi connectivity index (χ3n) is 6.14. The predicted molar refractivity (Wildman–Crippen MR) is 127 cm³/mol. The maximum absolute atomic E-state index is 4.83. The number of anilines is 2. The molecule has 0 bridgehead atoms. The van der Waals surface area contributed by atoms with Crippen LogP contribution >= 0.6 is 8.07 Å². The van der Waals surface area contributed by atoms with E-state index in [0.29, 0.717) is 0 Å². The molecule has 0 radical (unpaired) electrons. The zero-order valence-corrected chi connectivity index (χ0v) is 17.1. The molecule has 2 nitrogen and oxygen atoms in total. The van der Waals surface area contributed by atoms with Gasteiger partial charge in [-0.1, -0.05) is 84.9 Å². The number of benzene rings is 4. The van der Waals surface area contributed by atoms with E-state index in [1.807, 2.05) is 6.20 Å². The minimum atomic E-state index is -0.731. The van der Waals surface area contributed by atoms with Gasteiger partial charge >= 0.3 is 0 Å². The Bertz CT molecular complexity index is 1470. The summed E-state index contributed by atoms with van der Waals surface area (Å²) < 4.78 is 2.58. The van der Waals surface area contributed by atoms with Crippen LogP contribution in [0.5, 0.6) is 0 Å². The lowest BCUT2D eigenvalue weighted by Crippen LogP contribution is -2.34. The van der Waals surface area contributed by atoms with E-state index in [1.54, 1.807) is 0 Å². The van der Waals surface area contributed by atoms with Crippen LogP contribution in [0, 0.1) is 0 Å². The average Bonchev–Trinajstić information content (AvgIpc) is 2.83. The number of hydrogen-bond donors (Lipinski definition) is 0. The molecular weight excluding hydrogens is 383 g/mol. The first-order valence-corrected chi connectivity index (χ1v) is 11.5. The van der Waals surface area contributed by atoms with Crippen LogP contribution in [-0.2, 0) is 0 Å². The fourth-order valence-corrected chi connectivity index (χ4v) is 7.66. The Morgan fingerprint density at radius 2 is 1.33 bits per heavy atom. The van der Waals surface area contributed by atoms with Gasteiger partial charge in [-0.15, -0.1) is 0 Å². The number of nitrogens with zero attached hydrogens (tertiary/aromatic N) is 2. The molecule has 0 fully saturated rings. The third-order valence-corrected chi connectivity index (χ3v) is 8.64. The average molecular weight is 400 g/mol. The lowest BCUT2D eigenvalue weighted by molar-refractivity contribution is 1.28. The minimum Gasteiger partial charge on any atom is -0.308 e. The highest BCUT2D eigenvalue weighted by Gasteiger charge is 2.40. The highest BCUT2D eigenvalue weighted by molar-refractivity contribution is 7.75. The van der Waals surface area contributed by atoms with Gasteiger partial charge in [-0.2, -0.15) is 0 Å². The molecule has 140 valence electrons. The van der Waals surface area contributed by atoms with Gasteiger partial charge in [0.15, 0.2) is 0 Å². The van der Waals surface area contributed by atoms with Crippen LogP contribution in [0.3, 0.4) is 0 Å². The molecule has 30 heavy (non-hydrogen) atoms. The fourth-order valence-electron chi connectivity index (χ4n) is 4.89. The van der Waals surface area contributed by atoms with Gasteiger partial charge in [0, 0.05) is 33.3 Å². The molecule has 0 amide bonds. The summed E-state index contributed by atoms with van der Waals surface area (Å²) in [5.41, 5.74) is 7.50. The quantitative estimate of drug-likeness (QED) is 0.280. The van der Waals surface area contributed by atoms with Crippen LogP contribution in [0.25, 0.3) is 33.2 Å². The maximum atomic E-state index is 4.83. The molecule has 0 aliphatic carbocycles. The van der Waals surface area contributed by atoms with Crippen LogP contribution in [-0.4, -0.2) is 4.98 Å². The van der Waals surface area contributed by atoms with Gasteiger partial charge in [-0.25, -0.2) is 0 Å². The van der Waals surface area contributed by atoms with Gasteiger partial charge in [0.2, 0.25) is 0 Å². The summed E-state index contributed by atoms with van der Waals surface area (Å²) in [4.78, 5) is 4.83. The number of aromatic nitrogens is 1. The normalized spacial score (nSPS) is 15.6. The molecule has 4 aromatic carbocycles. The predicted octanol–water partition coefficient (Wildman–Crippen LogP) is 6.38. The van der Waals surface area contributed by atoms with Crippen LogP contribution in [0.4, 0.5) is 11.4 Å². The summed E-state index contributed by atoms with van der Waals surface area (Å²) in [6.07, 6.45) is 1.91. The molecule has 0 saturated heterocycles. The van der Waals surface area contributed by atoms with Crippen LogP contribution in [0.1, 0.15) is 0 Å². The molecule has 1 unspecified atom stereocenters. The van der Waals surface area contributed by atoms with Crippen LogP contribution in [0.15, 0.2) is 103 Å². The van der Waals surface area contributed by atoms with Crippen molar-refractivity contribution in [1.82, 2.24) is 4.98 Å². The van der Waals surface area contributed by atoms with Crippen molar-refractivity contribution in [3.8, 4) is 22.4 Å².